The molecule has 0 amide bonds. The lowest BCUT2D eigenvalue weighted by atomic mass is 10.0. The molecule has 0 aromatic carbocycles. The Bertz CT molecular complexity index is 179. The number of carbonyl (C=O) groups is 2. The summed E-state index contributed by atoms with van der Waals surface area (Å²) in [4.78, 5) is 21.5. The first-order valence-corrected chi connectivity index (χ1v) is 3.16. The summed E-state index contributed by atoms with van der Waals surface area (Å²) in [5, 5.41) is 0. The molecule has 0 aliphatic heterocycles. The molecule has 0 aliphatic rings. The number of hydrogen-bond acceptors (Lipinski definition) is 2. The van der Waals surface area contributed by atoms with Crippen LogP contribution >= 0.6 is 0 Å². The minimum atomic E-state index is -0.146. The highest BCUT2D eigenvalue weighted by Crippen LogP contribution is 2.04. The zero-order valence-corrected chi connectivity index (χ0v) is 6.82. The van der Waals surface area contributed by atoms with E-state index in [0.29, 0.717) is 5.57 Å². The normalized spacial score (nSPS) is 8.80. The second-order valence-corrected chi connectivity index (χ2v) is 2.49. The van der Waals surface area contributed by atoms with Gasteiger partial charge in [-0.1, -0.05) is 5.57 Å². The minimum absolute atomic E-state index is 0.146. The van der Waals surface area contributed by atoms with Crippen molar-refractivity contribution in [2.24, 2.45) is 0 Å². The Kier molecular flexibility index (Phi) is 3.00. The van der Waals surface area contributed by atoms with E-state index in [1.165, 1.54) is 13.8 Å². The fourth-order valence-electron chi connectivity index (χ4n) is 0.952. The molecule has 0 saturated carbocycles. The summed E-state index contributed by atoms with van der Waals surface area (Å²) in [5.74, 6) is -0.292. The molecule has 0 aromatic heterocycles. The average molecular weight is 140 g/mol. The Balaban J connectivity index is 4.79. The van der Waals surface area contributed by atoms with Crippen LogP contribution in [0.2, 0.25) is 0 Å². The van der Waals surface area contributed by atoms with E-state index >= 15 is 0 Å². The molecule has 10 heavy (non-hydrogen) atoms. The predicted molar refractivity (Wildman–Crippen MR) is 39.7 cm³/mol. The van der Waals surface area contributed by atoms with Gasteiger partial charge in [-0.05, 0) is 27.7 Å². The highest BCUT2D eigenvalue weighted by atomic mass is 16.1. The summed E-state index contributed by atoms with van der Waals surface area (Å²) in [5.41, 5.74) is 1.13. The van der Waals surface area contributed by atoms with Crippen molar-refractivity contribution in [1.82, 2.24) is 0 Å². The molecule has 56 valence electrons. The van der Waals surface area contributed by atoms with Crippen LogP contribution in [0.25, 0.3) is 0 Å². The van der Waals surface area contributed by atoms with Crippen LogP contribution in [0.4, 0.5) is 0 Å². The molecule has 0 bridgehead atoms. The van der Waals surface area contributed by atoms with Gasteiger partial charge >= 0.3 is 0 Å². The van der Waals surface area contributed by atoms with E-state index in [1.54, 1.807) is 13.8 Å². The molecule has 0 radical (unpaired) electrons. The van der Waals surface area contributed by atoms with Gasteiger partial charge in [-0.25, -0.2) is 0 Å². The van der Waals surface area contributed by atoms with Crippen molar-refractivity contribution in [3.05, 3.63) is 11.1 Å². The first-order chi connectivity index (χ1) is 4.46. The van der Waals surface area contributed by atoms with Crippen molar-refractivity contribution < 1.29 is 9.59 Å². The quantitative estimate of drug-likeness (QED) is 0.331. The third-order valence-corrected chi connectivity index (χ3v) is 1.20. The third kappa shape index (κ3) is 2.13. The number of allylic oxidation sites excluding steroid dienone is 2. The summed E-state index contributed by atoms with van der Waals surface area (Å²) in [6.45, 7) is 6.34. The number of carbonyl (C=O) groups excluding carboxylic acids is 2. The maximum atomic E-state index is 10.7. The highest BCUT2D eigenvalue weighted by Gasteiger charge is 2.09. The first kappa shape index (κ1) is 9.08. The van der Waals surface area contributed by atoms with Gasteiger partial charge < -0.3 is 0 Å². The SMILES string of the molecule is CC(=O)C(C(C)=O)=C(C)C. The molecular formula is C8H12O2. The van der Waals surface area contributed by atoms with Crippen LogP contribution in [0.3, 0.4) is 0 Å². The van der Waals surface area contributed by atoms with E-state index in [1.807, 2.05) is 0 Å². The van der Waals surface area contributed by atoms with Gasteiger partial charge in [-0.2, -0.15) is 0 Å². The molecule has 0 heterocycles. The maximum absolute atomic E-state index is 10.7. The lowest BCUT2D eigenvalue weighted by Crippen LogP contribution is -2.07. The Morgan fingerprint density at radius 2 is 1.10 bits per heavy atom. The van der Waals surface area contributed by atoms with Crippen LogP contribution in [0, 0.1) is 0 Å². The van der Waals surface area contributed by atoms with E-state index in [4.69, 9.17) is 0 Å². The van der Waals surface area contributed by atoms with Gasteiger partial charge in [-0.3, -0.25) is 9.59 Å². The summed E-state index contributed by atoms with van der Waals surface area (Å²) in [6, 6.07) is 0. The summed E-state index contributed by atoms with van der Waals surface area (Å²) in [6.07, 6.45) is 0. The first-order valence-electron chi connectivity index (χ1n) is 3.16. The van der Waals surface area contributed by atoms with Gasteiger partial charge in [0.25, 0.3) is 0 Å². The molecule has 2 nitrogen and oxygen atoms in total. The van der Waals surface area contributed by atoms with E-state index in [-0.39, 0.29) is 11.6 Å². The zero-order chi connectivity index (χ0) is 8.31. The molecule has 0 rings (SSSR count). The Morgan fingerprint density at radius 3 is 1.10 bits per heavy atom. The van der Waals surface area contributed by atoms with E-state index in [0.717, 1.165) is 5.57 Å². The van der Waals surface area contributed by atoms with Crippen LogP contribution in [0.5, 0.6) is 0 Å². The second-order valence-electron chi connectivity index (χ2n) is 2.49. The van der Waals surface area contributed by atoms with Gasteiger partial charge in [0.1, 0.15) is 0 Å². The van der Waals surface area contributed by atoms with Crippen molar-refractivity contribution >= 4 is 11.6 Å². The topological polar surface area (TPSA) is 34.1 Å². The third-order valence-electron chi connectivity index (χ3n) is 1.20. The van der Waals surface area contributed by atoms with Crippen LogP contribution < -0.4 is 0 Å². The molecule has 0 fully saturated rings. The van der Waals surface area contributed by atoms with E-state index in [9.17, 15) is 9.59 Å². The van der Waals surface area contributed by atoms with Crippen molar-refractivity contribution in [2.45, 2.75) is 27.7 Å². The summed E-state index contributed by atoms with van der Waals surface area (Å²) >= 11 is 0. The molecule has 0 aliphatic carbocycles. The fraction of sp³-hybridized carbons (Fsp3) is 0.500. The summed E-state index contributed by atoms with van der Waals surface area (Å²) < 4.78 is 0. The van der Waals surface area contributed by atoms with Crippen LogP contribution in [0.15, 0.2) is 11.1 Å². The van der Waals surface area contributed by atoms with Gasteiger partial charge in [0, 0.05) is 0 Å². The van der Waals surface area contributed by atoms with Crippen LogP contribution in [-0.4, -0.2) is 11.6 Å². The fourth-order valence-corrected chi connectivity index (χ4v) is 0.952. The predicted octanol–water partition coefficient (Wildman–Crippen LogP) is 1.50. The highest BCUT2D eigenvalue weighted by molar-refractivity contribution is 6.18. The Labute approximate surface area is 60.9 Å². The summed E-state index contributed by atoms with van der Waals surface area (Å²) in [7, 11) is 0. The van der Waals surface area contributed by atoms with Crippen molar-refractivity contribution in [2.75, 3.05) is 0 Å². The average Bonchev–Trinajstić information content (AvgIpc) is 1.59. The smallest absolute Gasteiger partial charge is 0.163 e. The maximum Gasteiger partial charge on any atom is 0.163 e. The number of ketones is 2. The van der Waals surface area contributed by atoms with Gasteiger partial charge in [-0.15, -0.1) is 0 Å². The Morgan fingerprint density at radius 1 is 0.800 bits per heavy atom. The minimum Gasteiger partial charge on any atom is -0.294 e. The molecule has 0 aromatic rings. The largest absolute Gasteiger partial charge is 0.294 e. The lowest BCUT2D eigenvalue weighted by molar-refractivity contribution is -0.119. The molecule has 0 saturated heterocycles. The lowest BCUT2D eigenvalue weighted by Gasteiger charge is -1.98. The van der Waals surface area contributed by atoms with E-state index in [2.05, 4.69) is 0 Å². The monoisotopic (exact) mass is 140 g/mol. The van der Waals surface area contributed by atoms with Gasteiger partial charge in [0.2, 0.25) is 0 Å². The van der Waals surface area contributed by atoms with Crippen LogP contribution in [-0.2, 0) is 9.59 Å². The number of rotatable bonds is 2. The number of Topliss-reactive ketones (excluding diaryl/α,β-unsaturated/α-hetero) is 2. The van der Waals surface area contributed by atoms with Crippen molar-refractivity contribution in [3.63, 3.8) is 0 Å². The van der Waals surface area contributed by atoms with Crippen molar-refractivity contribution in [1.29, 1.82) is 0 Å². The molecule has 0 atom stereocenters. The van der Waals surface area contributed by atoms with E-state index < -0.39 is 0 Å². The Hall–Kier alpha value is -0.920. The molecule has 0 N–H and O–H groups in total. The molecule has 0 unspecified atom stereocenters. The van der Waals surface area contributed by atoms with Gasteiger partial charge in [0.05, 0.1) is 5.57 Å². The molecule has 0 spiro atoms. The second kappa shape index (κ2) is 3.30. The van der Waals surface area contributed by atoms with Gasteiger partial charge in [0.15, 0.2) is 11.6 Å². The molecular weight excluding hydrogens is 128 g/mol. The van der Waals surface area contributed by atoms with Crippen molar-refractivity contribution in [3.8, 4) is 0 Å². The standard InChI is InChI=1S/C8H12O2/c1-5(2)8(6(3)9)7(4)10/h1-4H3. The molecule has 2 heteroatoms. The van der Waals surface area contributed by atoms with Crippen LogP contribution in [0.1, 0.15) is 27.7 Å². The zero-order valence-electron chi connectivity index (χ0n) is 6.82. The number of hydrogen-bond donors (Lipinski definition) is 0.